The van der Waals surface area contributed by atoms with E-state index in [-0.39, 0.29) is 26.4 Å². The van der Waals surface area contributed by atoms with Crippen molar-refractivity contribution in [3.05, 3.63) is 52.4 Å². The second-order valence-electron chi connectivity index (χ2n) is 8.73. The molecule has 0 unspecified atom stereocenters. The predicted octanol–water partition coefficient (Wildman–Crippen LogP) is 5.56. The van der Waals surface area contributed by atoms with Crippen molar-refractivity contribution in [3.63, 3.8) is 0 Å². The molecule has 0 atom stereocenters. The summed E-state index contributed by atoms with van der Waals surface area (Å²) in [7, 11) is 0.776. The molecular weight excluding hydrogens is 552 g/mol. The van der Waals surface area contributed by atoms with Gasteiger partial charge in [-0.3, -0.25) is 9.79 Å². The monoisotopic (exact) mass is 568 g/mol. The number of halogens is 9. The third kappa shape index (κ3) is 4.86. The number of aromatic nitrogens is 4. The summed E-state index contributed by atoms with van der Waals surface area (Å²) in [6, 6.07) is 4.13. The number of aryl methyl sites for hydroxylation is 1. The third-order valence-electron chi connectivity index (χ3n) is 5.94. The van der Waals surface area contributed by atoms with E-state index in [1.165, 1.54) is 18.2 Å². The van der Waals surface area contributed by atoms with Gasteiger partial charge in [-0.1, -0.05) is 17.7 Å². The second-order valence-corrected chi connectivity index (χ2v) is 9.13. The average molecular weight is 569 g/mol. The first-order valence-electron chi connectivity index (χ1n) is 10.7. The van der Waals surface area contributed by atoms with Crippen molar-refractivity contribution in [2.24, 2.45) is 12.0 Å². The molecule has 16 heteroatoms. The number of carbonyl (C=O) groups is 1. The third-order valence-corrected chi connectivity index (χ3v) is 6.27. The van der Waals surface area contributed by atoms with E-state index in [0.717, 1.165) is 19.4 Å². The van der Waals surface area contributed by atoms with Gasteiger partial charge in [-0.15, -0.1) is 0 Å². The average Bonchev–Trinajstić information content (AvgIpc) is 3.21. The molecule has 3 aromatic rings. The Bertz CT molecular complexity index is 1400. The Labute approximate surface area is 214 Å². The molecule has 0 bridgehead atoms. The Morgan fingerprint density at radius 3 is 2.37 bits per heavy atom. The molecule has 1 aliphatic carbocycles. The van der Waals surface area contributed by atoms with E-state index in [9.17, 15) is 39.9 Å². The molecule has 1 fully saturated rings. The van der Waals surface area contributed by atoms with Gasteiger partial charge in [0.05, 0.1) is 28.9 Å². The molecule has 0 saturated heterocycles. The molecule has 7 nitrogen and oxygen atoms in total. The molecule has 1 aliphatic rings. The van der Waals surface area contributed by atoms with Gasteiger partial charge in [0.1, 0.15) is 5.56 Å². The van der Waals surface area contributed by atoms with E-state index in [2.05, 4.69) is 27.2 Å². The highest BCUT2D eigenvalue weighted by Gasteiger charge is 2.64. The molecule has 2 heterocycles. The van der Waals surface area contributed by atoms with Gasteiger partial charge in [0, 0.05) is 18.8 Å². The summed E-state index contributed by atoms with van der Waals surface area (Å²) in [5, 5.41) is 9.48. The van der Waals surface area contributed by atoms with Crippen LogP contribution in [-0.2, 0) is 19.1 Å². The number of hydrogen-bond donors (Lipinski definition) is 1. The smallest absolute Gasteiger partial charge is 0.345 e. The van der Waals surface area contributed by atoms with Crippen LogP contribution < -0.4 is 5.32 Å². The number of nitrogens with zero attached hydrogens (tertiary/aromatic N) is 5. The number of rotatable bonds is 7. The predicted molar refractivity (Wildman–Crippen MR) is 120 cm³/mol. The van der Waals surface area contributed by atoms with Crippen LogP contribution in [0.15, 0.2) is 35.6 Å². The maximum atomic E-state index is 14.0. The van der Waals surface area contributed by atoms with E-state index in [4.69, 9.17) is 11.6 Å². The van der Waals surface area contributed by atoms with Crippen LogP contribution in [0.2, 0.25) is 5.02 Å². The SMILES string of the molecule is C=NCC1(NC(=O)c2cc(-c3cnn(-c4c(C(F)(F)F)c(C(F)(F)C(F)(F)F)nn4C)c3)ccc2Cl)CC1. The molecule has 0 aliphatic heterocycles. The number of hydrogen-bond acceptors (Lipinski definition) is 4. The topological polar surface area (TPSA) is 77.1 Å². The van der Waals surface area contributed by atoms with Gasteiger partial charge >= 0.3 is 18.3 Å². The van der Waals surface area contributed by atoms with E-state index >= 15 is 0 Å². The van der Waals surface area contributed by atoms with Crippen molar-refractivity contribution in [3.8, 4) is 16.9 Å². The molecule has 4 rings (SSSR count). The second kappa shape index (κ2) is 9.06. The Kier molecular flexibility index (Phi) is 6.57. The van der Waals surface area contributed by atoms with Crippen molar-refractivity contribution < 1.29 is 39.9 Å². The van der Waals surface area contributed by atoms with Gasteiger partial charge in [-0.05, 0) is 37.3 Å². The standard InChI is InChI=1S/C22H17ClF8N6O/c1-32-10-19(5-6-19)34-17(38)13-7-11(3-4-14(13)23)12-8-33-37(9-12)18-15(21(26,27)28)16(35-36(18)2)20(24,25)22(29,30)31/h3-4,7-9H,1,5-6,10H2,2H3,(H,34,38). The molecule has 1 N–H and O–H groups in total. The van der Waals surface area contributed by atoms with Gasteiger partial charge in [-0.25, -0.2) is 9.36 Å². The summed E-state index contributed by atoms with van der Waals surface area (Å²) >= 11 is 6.16. The van der Waals surface area contributed by atoms with E-state index in [0.29, 0.717) is 24.1 Å². The Hall–Kier alpha value is -3.49. The maximum Gasteiger partial charge on any atom is 0.459 e. The summed E-state index contributed by atoms with van der Waals surface area (Å²) < 4.78 is 109. The highest BCUT2D eigenvalue weighted by molar-refractivity contribution is 6.34. The zero-order valence-electron chi connectivity index (χ0n) is 19.3. The lowest BCUT2D eigenvalue weighted by Crippen LogP contribution is -2.39. The largest absolute Gasteiger partial charge is 0.459 e. The fraction of sp³-hybridized carbons (Fsp3) is 0.364. The van der Waals surface area contributed by atoms with Crippen LogP contribution in [0.25, 0.3) is 16.9 Å². The van der Waals surface area contributed by atoms with E-state index in [1.807, 2.05) is 0 Å². The molecular formula is C22H17ClF8N6O. The molecule has 38 heavy (non-hydrogen) atoms. The van der Waals surface area contributed by atoms with Crippen LogP contribution in [-0.4, -0.2) is 50.4 Å². The van der Waals surface area contributed by atoms with Crippen molar-refractivity contribution >= 4 is 24.2 Å². The lowest BCUT2D eigenvalue weighted by Gasteiger charge is -2.19. The van der Waals surface area contributed by atoms with Crippen molar-refractivity contribution in [1.29, 1.82) is 0 Å². The molecule has 0 radical (unpaired) electrons. The van der Waals surface area contributed by atoms with Crippen molar-refractivity contribution in [1.82, 2.24) is 24.9 Å². The van der Waals surface area contributed by atoms with Gasteiger partial charge in [-0.2, -0.15) is 45.3 Å². The molecule has 1 amide bonds. The molecule has 1 aromatic carbocycles. The summed E-state index contributed by atoms with van der Waals surface area (Å²) in [6.07, 6.45) is -8.58. The van der Waals surface area contributed by atoms with Gasteiger partial charge < -0.3 is 5.32 Å². The van der Waals surface area contributed by atoms with Crippen LogP contribution in [0.1, 0.15) is 34.5 Å². The normalized spacial score (nSPS) is 15.4. The molecule has 204 valence electrons. The zero-order chi connectivity index (χ0) is 28.3. The fourth-order valence-corrected chi connectivity index (χ4v) is 4.06. The molecule has 2 aromatic heterocycles. The van der Waals surface area contributed by atoms with Gasteiger partial charge in [0.2, 0.25) is 0 Å². The Balaban J connectivity index is 1.74. The first-order valence-corrected chi connectivity index (χ1v) is 11.1. The number of benzene rings is 1. The van der Waals surface area contributed by atoms with Crippen molar-refractivity contribution in [2.45, 2.75) is 36.7 Å². The Morgan fingerprint density at radius 2 is 1.82 bits per heavy atom. The van der Waals surface area contributed by atoms with Crippen LogP contribution in [0.4, 0.5) is 35.1 Å². The van der Waals surface area contributed by atoms with Gasteiger partial charge in [0.15, 0.2) is 11.5 Å². The summed E-state index contributed by atoms with van der Waals surface area (Å²) in [6.45, 7) is 3.70. The minimum atomic E-state index is -6.32. The number of carbonyl (C=O) groups excluding carboxylic acids is 1. The first-order chi connectivity index (χ1) is 17.5. The number of aliphatic imine (C=N–C) groups is 1. The van der Waals surface area contributed by atoms with Crippen LogP contribution >= 0.6 is 11.6 Å². The van der Waals surface area contributed by atoms with E-state index < -0.39 is 46.8 Å². The number of nitrogens with one attached hydrogen (secondary N) is 1. The summed E-state index contributed by atoms with van der Waals surface area (Å²) in [4.78, 5) is 16.6. The summed E-state index contributed by atoms with van der Waals surface area (Å²) in [5.74, 6) is -7.58. The highest BCUT2D eigenvalue weighted by Crippen LogP contribution is 2.49. The zero-order valence-corrected chi connectivity index (χ0v) is 20.0. The van der Waals surface area contributed by atoms with E-state index in [1.54, 1.807) is 0 Å². The van der Waals surface area contributed by atoms with Crippen LogP contribution in [0.3, 0.4) is 0 Å². The minimum Gasteiger partial charge on any atom is -0.345 e. The van der Waals surface area contributed by atoms with Crippen LogP contribution in [0, 0.1) is 0 Å². The summed E-state index contributed by atoms with van der Waals surface area (Å²) in [5.41, 5.74) is -4.92. The fourth-order valence-electron chi connectivity index (χ4n) is 3.86. The lowest BCUT2D eigenvalue weighted by atomic mass is 10.1. The molecule has 0 spiro atoms. The van der Waals surface area contributed by atoms with Crippen LogP contribution in [0.5, 0.6) is 0 Å². The minimum absolute atomic E-state index is 0.0378. The van der Waals surface area contributed by atoms with Gasteiger partial charge in [0.25, 0.3) is 5.91 Å². The maximum absolute atomic E-state index is 14.0. The highest BCUT2D eigenvalue weighted by atomic mass is 35.5. The van der Waals surface area contributed by atoms with Crippen molar-refractivity contribution in [2.75, 3.05) is 6.54 Å². The first kappa shape index (κ1) is 27.5. The quantitative estimate of drug-likeness (QED) is 0.299. The number of alkyl halides is 8. The molecule has 1 saturated carbocycles. The number of amides is 1. The Morgan fingerprint density at radius 1 is 1.16 bits per heavy atom. The lowest BCUT2D eigenvalue weighted by molar-refractivity contribution is -0.292.